The van der Waals surface area contributed by atoms with Gasteiger partial charge in [0.05, 0.1) is 17.9 Å². The van der Waals surface area contributed by atoms with Gasteiger partial charge in [-0.15, -0.1) is 0 Å². The van der Waals surface area contributed by atoms with Crippen LogP contribution in [0.2, 0.25) is 0 Å². The molecule has 0 aromatic rings. The third kappa shape index (κ3) is 1.94. The molecule has 9 atom stereocenters. The van der Waals surface area contributed by atoms with Crippen molar-refractivity contribution in [1.29, 1.82) is 0 Å². The molecule has 0 aromatic carbocycles. The summed E-state index contributed by atoms with van der Waals surface area (Å²) in [6.45, 7) is 3.54. The number of rotatable bonds is 1. The Morgan fingerprint density at radius 3 is 2.85 bits per heavy atom. The summed E-state index contributed by atoms with van der Waals surface area (Å²) in [6.07, 6.45) is 13.7. The summed E-state index contributed by atoms with van der Waals surface area (Å²) >= 11 is 0. The van der Waals surface area contributed by atoms with Crippen LogP contribution in [0.4, 0.5) is 0 Å². The molecule has 6 unspecified atom stereocenters. The van der Waals surface area contributed by atoms with Gasteiger partial charge in [-0.05, 0) is 80.1 Å². The zero-order chi connectivity index (χ0) is 18.4. The van der Waals surface area contributed by atoms with E-state index in [4.69, 9.17) is 4.74 Å². The molecule has 27 heavy (non-hydrogen) atoms. The Morgan fingerprint density at radius 1 is 1.22 bits per heavy atom. The number of nitrogens with zero attached hydrogens (tertiary/aromatic N) is 1. The van der Waals surface area contributed by atoms with Gasteiger partial charge in [0.25, 0.3) is 0 Å². The van der Waals surface area contributed by atoms with Gasteiger partial charge in [0.2, 0.25) is 0 Å². The second kappa shape index (κ2) is 5.48. The summed E-state index contributed by atoms with van der Waals surface area (Å²) in [6, 6.07) is 0. The number of fused-ring (bicyclic) bond motifs is 9. The molecule has 6 rings (SSSR count). The smallest absolute Gasteiger partial charge is 0.0954 e. The average molecular weight is 370 g/mol. The van der Waals surface area contributed by atoms with Gasteiger partial charge in [0, 0.05) is 17.9 Å². The van der Waals surface area contributed by atoms with Gasteiger partial charge < -0.3 is 15.1 Å². The second-order valence-corrected chi connectivity index (χ2v) is 10.3. The van der Waals surface area contributed by atoms with Crippen molar-refractivity contribution < 1.29 is 15.1 Å². The van der Waals surface area contributed by atoms with E-state index in [2.05, 4.69) is 30.3 Å². The highest BCUT2D eigenvalue weighted by molar-refractivity contribution is 5.96. The largest absolute Gasteiger partial charge is 0.411 e. The van der Waals surface area contributed by atoms with Crippen LogP contribution in [0.5, 0.6) is 0 Å². The highest BCUT2D eigenvalue weighted by atomic mass is 16.5. The summed E-state index contributed by atoms with van der Waals surface area (Å²) in [7, 11) is 0. The first-order valence-corrected chi connectivity index (χ1v) is 11.0. The molecule has 0 aromatic heterocycles. The molecule has 2 N–H and O–H groups in total. The maximum Gasteiger partial charge on any atom is 0.0954 e. The summed E-state index contributed by atoms with van der Waals surface area (Å²) in [5.74, 6) is 4.56. The second-order valence-electron chi connectivity index (χ2n) is 10.3. The van der Waals surface area contributed by atoms with Crippen LogP contribution in [-0.4, -0.2) is 34.8 Å². The van der Waals surface area contributed by atoms with Crippen LogP contribution >= 0.6 is 0 Å². The third-order valence-corrected chi connectivity index (χ3v) is 9.64. The first-order chi connectivity index (χ1) is 13.1. The average Bonchev–Trinajstić information content (AvgIpc) is 3.25. The van der Waals surface area contributed by atoms with Gasteiger partial charge in [0.1, 0.15) is 0 Å². The summed E-state index contributed by atoms with van der Waals surface area (Å²) < 4.78 is 6.48. The lowest BCUT2D eigenvalue weighted by molar-refractivity contribution is -0.134. The topological polar surface area (TPSA) is 62.1 Å². The summed E-state index contributed by atoms with van der Waals surface area (Å²) in [4.78, 5) is 0. The minimum Gasteiger partial charge on any atom is -0.411 e. The van der Waals surface area contributed by atoms with Crippen molar-refractivity contribution in [2.24, 2.45) is 52.0 Å². The Hall–Kier alpha value is -1.13. The van der Waals surface area contributed by atoms with Crippen molar-refractivity contribution in [2.75, 3.05) is 13.2 Å². The fourth-order valence-electron chi connectivity index (χ4n) is 8.67. The van der Waals surface area contributed by atoms with Crippen LogP contribution in [0.15, 0.2) is 29.0 Å². The molecule has 1 heterocycles. The normalized spacial score (nSPS) is 56.4. The molecule has 146 valence electrons. The van der Waals surface area contributed by atoms with Gasteiger partial charge in [-0.2, -0.15) is 0 Å². The van der Waals surface area contributed by atoms with Gasteiger partial charge in [-0.3, -0.25) is 0 Å². The van der Waals surface area contributed by atoms with E-state index < -0.39 is 0 Å². The van der Waals surface area contributed by atoms with Crippen molar-refractivity contribution in [2.45, 2.75) is 51.0 Å². The molecule has 4 heteroatoms. The zero-order valence-corrected chi connectivity index (χ0v) is 16.2. The van der Waals surface area contributed by atoms with Crippen LogP contribution in [0.3, 0.4) is 0 Å². The van der Waals surface area contributed by atoms with Crippen LogP contribution in [0.1, 0.15) is 45.4 Å². The highest BCUT2D eigenvalue weighted by Crippen LogP contribution is 2.77. The number of hydrogen-bond donors (Lipinski definition) is 2. The predicted octanol–water partition coefficient (Wildman–Crippen LogP) is 3.79. The number of allylic oxidation sites excluding steroid dienone is 1. The van der Waals surface area contributed by atoms with Gasteiger partial charge in [0.15, 0.2) is 0 Å². The van der Waals surface area contributed by atoms with Crippen molar-refractivity contribution in [1.82, 2.24) is 0 Å². The first-order valence-electron chi connectivity index (χ1n) is 11.0. The lowest BCUT2D eigenvalue weighted by Gasteiger charge is -2.58. The number of oxime groups is 1. The number of aliphatic hydroxyl groups excluding tert-OH is 1. The highest BCUT2D eigenvalue weighted by Gasteiger charge is 2.76. The summed E-state index contributed by atoms with van der Waals surface area (Å²) in [5, 5.41) is 22.9. The lowest BCUT2D eigenvalue weighted by Crippen LogP contribution is -2.55. The van der Waals surface area contributed by atoms with Crippen LogP contribution in [0.25, 0.3) is 0 Å². The molecular formula is C23H31NO3. The molecule has 6 aliphatic rings. The van der Waals surface area contributed by atoms with Crippen LogP contribution in [-0.2, 0) is 4.74 Å². The molecule has 5 aliphatic carbocycles. The SMILES string of the molecule is C[C@]12CCC3C(CC(CO)C4=CC(=NO)CC[C@@H]43)C1C1CC1[C@@]21C=CCO1. The van der Waals surface area contributed by atoms with E-state index >= 15 is 0 Å². The molecule has 4 fully saturated rings. The Balaban J connectivity index is 1.39. The van der Waals surface area contributed by atoms with E-state index in [9.17, 15) is 10.3 Å². The van der Waals surface area contributed by atoms with E-state index in [0.29, 0.717) is 11.8 Å². The number of aliphatic hydroxyl groups is 1. The summed E-state index contributed by atoms with van der Waals surface area (Å²) in [5.41, 5.74) is 2.44. The van der Waals surface area contributed by atoms with Crippen molar-refractivity contribution >= 4 is 5.71 Å². The van der Waals surface area contributed by atoms with Crippen molar-refractivity contribution in [3.8, 4) is 0 Å². The standard InChI is InChI=1S/C23H31NO3/c1-22-7-5-16-15-4-3-14(24-26)10-17(15)13(12-25)9-18(16)21(22)19-11-20(19)23(22)6-2-8-27-23/h2,6,10,13,15-16,18-21,25-26H,3-5,7-9,11-12H2,1H3/t13?,15-,16?,18?,19?,20?,21?,22+,23+/m1/s1. The fourth-order valence-corrected chi connectivity index (χ4v) is 8.67. The fraction of sp³-hybridized carbons (Fsp3) is 0.783. The molecule has 0 saturated heterocycles. The van der Waals surface area contributed by atoms with E-state index in [1.165, 1.54) is 24.8 Å². The maximum atomic E-state index is 10.2. The van der Waals surface area contributed by atoms with Crippen molar-refractivity contribution in [3.63, 3.8) is 0 Å². The van der Waals surface area contributed by atoms with E-state index in [1.807, 2.05) is 0 Å². The van der Waals surface area contributed by atoms with Gasteiger partial charge >= 0.3 is 0 Å². The Morgan fingerprint density at radius 2 is 2.11 bits per heavy atom. The molecule has 1 aliphatic heterocycles. The Kier molecular flexibility index (Phi) is 3.41. The number of ether oxygens (including phenoxy) is 1. The molecule has 0 bridgehead atoms. The lowest BCUT2D eigenvalue weighted by atomic mass is 9.48. The minimum atomic E-state index is 0.00140. The molecule has 1 spiro atoms. The molecule has 0 radical (unpaired) electrons. The van der Waals surface area contributed by atoms with E-state index in [-0.39, 0.29) is 23.5 Å². The van der Waals surface area contributed by atoms with E-state index in [0.717, 1.165) is 55.3 Å². The maximum absolute atomic E-state index is 10.2. The third-order valence-electron chi connectivity index (χ3n) is 9.64. The molecule has 0 amide bonds. The van der Waals surface area contributed by atoms with Crippen molar-refractivity contribution in [3.05, 3.63) is 23.8 Å². The van der Waals surface area contributed by atoms with E-state index in [1.54, 1.807) is 0 Å². The van der Waals surface area contributed by atoms with Crippen LogP contribution < -0.4 is 0 Å². The molecular weight excluding hydrogens is 338 g/mol. The molecule has 4 nitrogen and oxygen atoms in total. The monoisotopic (exact) mass is 369 g/mol. The van der Waals surface area contributed by atoms with Crippen LogP contribution in [0, 0.1) is 46.8 Å². The molecule has 4 saturated carbocycles. The number of hydrogen-bond acceptors (Lipinski definition) is 4. The first kappa shape index (κ1) is 16.8. The Labute approximate surface area is 161 Å². The van der Waals surface area contributed by atoms with Gasteiger partial charge in [-0.1, -0.05) is 29.8 Å². The quantitative estimate of drug-likeness (QED) is 0.420. The van der Waals surface area contributed by atoms with Gasteiger partial charge in [-0.25, -0.2) is 0 Å². The predicted molar refractivity (Wildman–Crippen MR) is 102 cm³/mol. The zero-order valence-electron chi connectivity index (χ0n) is 16.2. The minimum absolute atomic E-state index is 0.00140. The Bertz CT molecular complexity index is 757.